The largest absolute Gasteiger partial charge is 0.310 e. The second kappa shape index (κ2) is 13.9. The van der Waals surface area contributed by atoms with Crippen LogP contribution >= 0.6 is 0 Å². The van der Waals surface area contributed by atoms with E-state index < -0.39 is 0 Å². The highest BCUT2D eigenvalue weighted by atomic mass is 15.1. The van der Waals surface area contributed by atoms with E-state index in [1.54, 1.807) is 0 Å². The van der Waals surface area contributed by atoms with E-state index in [-0.39, 0.29) is 5.41 Å². The Hall–Kier alpha value is -7.42. The first-order valence-electron chi connectivity index (χ1n) is 20.5. The molecular weight excluding hydrogens is 713 g/mol. The van der Waals surface area contributed by atoms with E-state index in [0.717, 1.165) is 33.9 Å². The predicted octanol–water partition coefficient (Wildman–Crippen LogP) is 15.6. The standard InChI is InChI=1S/C57H42N2/c1-57(2)53-25-12-9-22-49(53)50-33-32-47(38-54(50)57)58(45-30-28-41(29-31-45)39-16-5-3-6-17-39)48-36-43(40-18-7-4-8-19-40)34-44(37-48)42-20-15-21-46(35-42)59-55-26-13-10-23-51(55)52-24-11-14-27-56(52)59/h3-38H,1-2H3. The molecule has 1 aliphatic rings. The van der Waals surface area contributed by atoms with Gasteiger partial charge in [0.25, 0.3) is 0 Å². The van der Waals surface area contributed by atoms with Gasteiger partial charge in [-0.1, -0.05) is 166 Å². The Kier molecular flexibility index (Phi) is 8.20. The van der Waals surface area contributed by atoms with E-state index in [1.807, 2.05) is 0 Å². The molecule has 0 radical (unpaired) electrons. The summed E-state index contributed by atoms with van der Waals surface area (Å²) >= 11 is 0. The molecule has 2 nitrogen and oxygen atoms in total. The fourth-order valence-electron chi connectivity index (χ4n) is 9.44. The summed E-state index contributed by atoms with van der Waals surface area (Å²) in [7, 11) is 0. The topological polar surface area (TPSA) is 8.17 Å². The molecule has 0 atom stereocenters. The normalized spacial score (nSPS) is 12.7. The first-order valence-corrected chi connectivity index (χ1v) is 20.5. The van der Waals surface area contributed by atoms with Crippen molar-refractivity contribution < 1.29 is 0 Å². The van der Waals surface area contributed by atoms with Gasteiger partial charge in [0.15, 0.2) is 0 Å². The summed E-state index contributed by atoms with van der Waals surface area (Å²) < 4.78 is 2.40. The number of rotatable bonds is 7. The van der Waals surface area contributed by atoms with Crippen LogP contribution in [0.5, 0.6) is 0 Å². The second-order valence-corrected chi connectivity index (χ2v) is 16.2. The molecule has 0 amide bonds. The van der Waals surface area contributed by atoms with E-state index in [2.05, 4.69) is 242 Å². The molecule has 0 fully saturated rings. The lowest BCUT2D eigenvalue weighted by Crippen LogP contribution is -2.16. The van der Waals surface area contributed by atoms with Crippen LogP contribution in [0.1, 0.15) is 25.0 Å². The Morgan fingerprint density at radius 3 is 1.56 bits per heavy atom. The van der Waals surface area contributed by atoms with Crippen molar-refractivity contribution >= 4 is 38.9 Å². The molecule has 2 heteroatoms. The molecule has 11 rings (SSSR count). The Labute approximate surface area is 345 Å². The van der Waals surface area contributed by atoms with Gasteiger partial charge < -0.3 is 9.47 Å². The summed E-state index contributed by atoms with van der Waals surface area (Å²) in [6.07, 6.45) is 0. The number of para-hydroxylation sites is 2. The molecule has 9 aromatic carbocycles. The van der Waals surface area contributed by atoms with Crippen LogP contribution in [0.2, 0.25) is 0 Å². The number of aromatic nitrogens is 1. The van der Waals surface area contributed by atoms with Crippen LogP contribution in [0.25, 0.3) is 72.0 Å². The van der Waals surface area contributed by atoms with E-state index in [9.17, 15) is 0 Å². The number of benzene rings is 9. The van der Waals surface area contributed by atoms with Crippen molar-refractivity contribution in [3.8, 4) is 50.2 Å². The fraction of sp³-hybridized carbons (Fsp3) is 0.0526. The van der Waals surface area contributed by atoms with Gasteiger partial charge in [0.2, 0.25) is 0 Å². The summed E-state index contributed by atoms with van der Waals surface area (Å²) in [6, 6.07) is 80.0. The maximum atomic E-state index is 2.45. The maximum absolute atomic E-state index is 2.45. The first-order chi connectivity index (χ1) is 29.0. The zero-order valence-corrected chi connectivity index (χ0v) is 33.2. The van der Waals surface area contributed by atoms with Gasteiger partial charge in [-0.25, -0.2) is 0 Å². The van der Waals surface area contributed by atoms with Gasteiger partial charge in [0.1, 0.15) is 0 Å². The van der Waals surface area contributed by atoms with Crippen LogP contribution < -0.4 is 4.90 Å². The number of fused-ring (bicyclic) bond motifs is 6. The molecule has 10 aromatic rings. The Morgan fingerprint density at radius 1 is 0.339 bits per heavy atom. The third-order valence-corrected chi connectivity index (χ3v) is 12.4. The highest BCUT2D eigenvalue weighted by Gasteiger charge is 2.35. The third kappa shape index (κ3) is 5.87. The molecule has 280 valence electrons. The molecule has 1 heterocycles. The van der Waals surface area contributed by atoms with Crippen molar-refractivity contribution in [3.63, 3.8) is 0 Å². The zero-order valence-electron chi connectivity index (χ0n) is 33.2. The SMILES string of the molecule is CC1(C)c2ccccc2-c2ccc(N(c3ccc(-c4ccccc4)cc3)c3cc(-c4ccccc4)cc(-c4cccc(-n5c6ccccc6c6ccccc65)c4)c3)cc21. The van der Waals surface area contributed by atoms with Gasteiger partial charge in [0.05, 0.1) is 11.0 Å². The average Bonchev–Trinajstić information content (AvgIpc) is 3.75. The van der Waals surface area contributed by atoms with E-state index in [0.29, 0.717) is 0 Å². The Balaban J connectivity index is 1.11. The van der Waals surface area contributed by atoms with Gasteiger partial charge in [0, 0.05) is 38.9 Å². The summed E-state index contributed by atoms with van der Waals surface area (Å²) in [5.74, 6) is 0. The van der Waals surface area contributed by atoms with Crippen LogP contribution in [0.3, 0.4) is 0 Å². The fourth-order valence-corrected chi connectivity index (χ4v) is 9.44. The quantitative estimate of drug-likeness (QED) is 0.157. The van der Waals surface area contributed by atoms with Crippen molar-refractivity contribution in [3.05, 3.63) is 230 Å². The van der Waals surface area contributed by atoms with Crippen LogP contribution in [-0.2, 0) is 5.41 Å². The molecule has 0 saturated heterocycles. The number of anilines is 3. The molecule has 0 aliphatic heterocycles. The second-order valence-electron chi connectivity index (χ2n) is 16.2. The smallest absolute Gasteiger partial charge is 0.0541 e. The van der Waals surface area contributed by atoms with Crippen LogP contribution in [-0.4, -0.2) is 4.57 Å². The van der Waals surface area contributed by atoms with Crippen LogP contribution in [0, 0.1) is 0 Å². The van der Waals surface area contributed by atoms with Crippen molar-refractivity contribution in [2.45, 2.75) is 19.3 Å². The van der Waals surface area contributed by atoms with Gasteiger partial charge in [-0.2, -0.15) is 0 Å². The van der Waals surface area contributed by atoms with E-state index in [4.69, 9.17) is 0 Å². The highest BCUT2D eigenvalue weighted by Crippen LogP contribution is 2.51. The molecule has 0 spiro atoms. The summed E-state index contributed by atoms with van der Waals surface area (Å²) in [5.41, 5.74) is 19.2. The summed E-state index contributed by atoms with van der Waals surface area (Å²) in [6.45, 7) is 4.72. The molecule has 0 bridgehead atoms. The number of hydrogen-bond donors (Lipinski definition) is 0. The van der Waals surface area contributed by atoms with E-state index in [1.165, 1.54) is 66.3 Å². The number of nitrogens with zero attached hydrogens (tertiary/aromatic N) is 2. The number of hydrogen-bond acceptors (Lipinski definition) is 1. The van der Waals surface area contributed by atoms with Crippen LogP contribution in [0.4, 0.5) is 17.1 Å². The van der Waals surface area contributed by atoms with Crippen molar-refractivity contribution in [2.24, 2.45) is 0 Å². The monoisotopic (exact) mass is 754 g/mol. The van der Waals surface area contributed by atoms with E-state index >= 15 is 0 Å². The highest BCUT2D eigenvalue weighted by molar-refractivity contribution is 6.09. The van der Waals surface area contributed by atoms with Gasteiger partial charge in [-0.05, 0) is 122 Å². The molecule has 1 aliphatic carbocycles. The first kappa shape index (κ1) is 34.8. The molecule has 0 unspecified atom stereocenters. The summed E-state index contributed by atoms with van der Waals surface area (Å²) in [4.78, 5) is 2.45. The van der Waals surface area contributed by atoms with Crippen LogP contribution in [0.15, 0.2) is 218 Å². The minimum atomic E-state index is -0.130. The summed E-state index contributed by atoms with van der Waals surface area (Å²) in [5, 5.41) is 2.52. The molecular formula is C57H42N2. The predicted molar refractivity (Wildman–Crippen MR) is 249 cm³/mol. The van der Waals surface area contributed by atoms with Crippen molar-refractivity contribution in [1.82, 2.24) is 4.57 Å². The lowest BCUT2D eigenvalue weighted by molar-refractivity contribution is 0.660. The molecule has 59 heavy (non-hydrogen) atoms. The molecule has 0 N–H and O–H groups in total. The lowest BCUT2D eigenvalue weighted by atomic mass is 9.82. The minimum absolute atomic E-state index is 0.130. The molecule has 1 aromatic heterocycles. The van der Waals surface area contributed by atoms with Gasteiger partial charge in [-0.15, -0.1) is 0 Å². The Morgan fingerprint density at radius 2 is 0.864 bits per heavy atom. The maximum Gasteiger partial charge on any atom is 0.0541 e. The zero-order chi connectivity index (χ0) is 39.5. The average molecular weight is 755 g/mol. The Bertz CT molecular complexity index is 3120. The minimum Gasteiger partial charge on any atom is -0.310 e. The van der Waals surface area contributed by atoms with Crippen molar-refractivity contribution in [1.29, 1.82) is 0 Å². The third-order valence-electron chi connectivity index (χ3n) is 12.4. The van der Waals surface area contributed by atoms with Crippen molar-refractivity contribution in [2.75, 3.05) is 4.90 Å². The van der Waals surface area contributed by atoms with Gasteiger partial charge in [-0.3, -0.25) is 0 Å². The lowest BCUT2D eigenvalue weighted by Gasteiger charge is -2.29. The van der Waals surface area contributed by atoms with Gasteiger partial charge >= 0.3 is 0 Å². The molecule has 0 saturated carbocycles.